The first-order chi connectivity index (χ1) is 6.24. The fraction of sp³-hybridized carbons (Fsp3) is 0.625. The Morgan fingerprint density at radius 2 is 2.38 bits per heavy atom. The van der Waals surface area contributed by atoms with E-state index < -0.39 is 6.43 Å². The molecule has 0 amide bonds. The number of aromatic nitrogens is 2. The molecular weight excluding hydrogens is 176 g/mol. The monoisotopic (exact) mass is 189 g/mol. The smallest absolute Gasteiger partial charge is 0.250 e. The van der Waals surface area contributed by atoms with E-state index in [1.807, 2.05) is 11.5 Å². The zero-order valence-corrected chi connectivity index (χ0v) is 7.50. The molecule has 0 aromatic carbocycles. The normalized spacial score (nSPS) is 11.1. The lowest BCUT2D eigenvalue weighted by molar-refractivity contribution is 0.145. The summed E-state index contributed by atoms with van der Waals surface area (Å²) in [6.45, 7) is 2.97. The number of nitrogens with one attached hydrogen (secondary N) is 1. The van der Waals surface area contributed by atoms with Gasteiger partial charge in [0.25, 0.3) is 6.43 Å². The average Bonchev–Trinajstić information content (AvgIpc) is 2.51. The first-order valence-electron chi connectivity index (χ1n) is 4.22. The largest absolute Gasteiger partial charge is 0.334 e. The molecule has 0 aliphatic rings. The van der Waals surface area contributed by atoms with Gasteiger partial charge in [-0.3, -0.25) is 0 Å². The van der Waals surface area contributed by atoms with Gasteiger partial charge in [0, 0.05) is 19.3 Å². The van der Waals surface area contributed by atoms with Gasteiger partial charge in [0.05, 0.1) is 18.6 Å². The Labute approximate surface area is 75.8 Å². The number of hydrogen-bond donors (Lipinski definition) is 1. The minimum absolute atomic E-state index is 0.269. The lowest BCUT2D eigenvalue weighted by atomic mass is 10.4. The second-order valence-electron chi connectivity index (χ2n) is 2.69. The van der Waals surface area contributed by atoms with Crippen LogP contribution in [0.4, 0.5) is 8.78 Å². The summed E-state index contributed by atoms with van der Waals surface area (Å²) in [7, 11) is 0. The van der Waals surface area contributed by atoms with Crippen LogP contribution in [0.25, 0.3) is 0 Å². The van der Waals surface area contributed by atoms with E-state index in [-0.39, 0.29) is 6.54 Å². The maximum absolute atomic E-state index is 11.8. The van der Waals surface area contributed by atoms with E-state index in [1.54, 1.807) is 12.5 Å². The highest BCUT2D eigenvalue weighted by atomic mass is 19.3. The Kier molecular flexibility index (Phi) is 3.82. The van der Waals surface area contributed by atoms with E-state index in [4.69, 9.17) is 0 Å². The number of imidazole rings is 1. The van der Waals surface area contributed by atoms with Crippen molar-refractivity contribution in [2.24, 2.45) is 0 Å². The molecule has 0 atom stereocenters. The van der Waals surface area contributed by atoms with Crippen LogP contribution in [-0.2, 0) is 13.1 Å². The standard InChI is InChI=1S/C8H13F2N3/c1-2-13-6-12-4-7(13)3-11-5-8(9)10/h4,6,8,11H,2-3,5H2,1H3. The summed E-state index contributed by atoms with van der Waals surface area (Å²) in [6, 6.07) is 0. The Morgan fingerprint density at radius 1 is 1.62 bits per heavy atom. The zero-order valence-electron chi connectivity index (χ0n) is 7.50. The van der Waals surface area contributed by atoms with E-state index in [9.17, 15) is 8.78 Å². The third kappa shape index (κ3) is 3.10. The molecule has 1 aromatic heterocycles. The Morgan fingerprint density at radius 3 is 3.00 bits per heavy atom. The minimum atomic E-state index is -2.29. The van der Waals surface area contributed by atoms with Crippen LogP contribution in [0.2, 0.25) is 0 Å². The molecular formula is C8H13F2N3. The molecule has 1 N–H and O–H groups in total. The second-order valence-corrected chi connectivity index (χ2v) is 2.69. The van der Waals surface area contributed by atoms with E-state index in [0.29, 0.717) is 6.54 Å². The molecule has 74 valence electrons. The van der Waals surface area contributed by atoms with Crippen LogP contribution in [0, 0.1) is 0 Å². The van der Waals surface area contributed by atoms with Crippen LogP contribution in [-0.4, -0.2) is 22.5 Å². The molecule has 0 radical (unpaired) electrons. The van der Waals surface area contributed by atoms with Gasteiger partial charge in [-0.2, -0.15) is 0 Å². The number of alkyl halides is 2. The van der Waals surface area contributed by atoms with Gasteiger partial charge in [0.15, 0.2) is 0 Å². The number of halogens is 2. The Balaban J connectivity index is 2.36. The van der Waals surface area contributed by atoms with Crippen LogP contribution >= 0.6 is 0 Å². The molecule has 0 saturated heterocycles. The second kappa shape index (κ2) is 4.91. The topological polar surface area (TPSA) is 29.9 Å². The molecule has 0 aliphatic carbocycles. The summed E-state index contributed by atoms with van der Waals surface area (Å²) >= 11 is 0. The first kappa shape index (κ1) is 10.1. The maximum atomic E-state index is 11.8. The zero-order chi connectivity index (χ0) is 9.68. The van der Waals surface area contributed by atoms with Crippen molar-refractivity contribution in [3.63, 3.8) is 0 Å². The van der Waals surface area contributed by atoms with Crippen molar-refractivity contribution in [2.75, 3.05) is 6.54 Å². The molecule has 0 spiro atoms. The van der Waals surface area contributed by atoms with Crippen molar-refractivity contribution in [3.05, 3.63) is 18.2 Å². The van der Waals surface area contributed by atoms with Crippen LogP contribution < -0.4 is 5.32 Å². The molecule has 0 fully saturated rings. The molecule has 1 heterocycles. The van der Waals surface area contributed by atoms with Gasteiger partial charge in [-0.05, 0) is 6.92 Å². The molecule has 0 saturated carbocycles. The van der Waals surface area contributed by atoms with Crippen LogP contribution in [0.3, 0.4) is 0 Å². The molecule has 0 aliphatic heterocycles. The summed E-state index contributed by atoms with van der Waals surface area (Å²) in [5, 5.41) is 2.65. The summed E-state index contributed by atoms with van der Waals surface area (Å²) < 4.78 is 25.4. The van der Waals surface area contributed by atoms with Gasteiger partial charge in [0.1, 0.15) is 0 Å². The minimum Gasteiger partial charge on any atom is -0.334 e. The highest BCUT2D eigenvalue weighted by molar-refractivity contribution is 4.97. The SMILES string of the molecule is CCn1cncc1CNCC(F)F. The molecule has 0 bridgehead atoms. The van der Waals surface area contributed by atoms with Crippen molar-refractivity contribution in [2.45, 2.75) is 26.4 Å². The Hall–Kier alpha value is -0.970. The summed E-state index contributed by atoms with van der Waals surface area (Å²) in [5.74, 6) is 0. The predicted molar refractivity (Wildman–Crippen MR) is 45.6 cm³/mol. The van der Waals surface area contributed by atoms with E-state index >= 15 is 0 Å². The van der Waals surface area contributed by atoms with E-state index in [0.717, 1.165) is 12.2 Å². The van der Waals surface area contributed by atoms with Gasteiger partial charge >= 0.3 is 0 Å². The van der Waals surface area contributed by atoms with E-state index in [2.05, 4.69) is 10.3 Å². The Bertz CT molecular complexity index is 247. The van der Waals surface area contributed by atoms with Crippen LogP contribution in [0.1, 0.15) is 12.6 Å². The lowest BCUT2D eigenvalue weighted by Crippen LogP contribution is -2.22. The van der Waals surface area contributed by atoms with Crippen molar-refractivity contribution in [1.82, 2.24) is 14.9 Å². The first-order valence-corrected chi connectivity index (χ1v) is 4.22. The summed E-state index contributed by atoms with van der Waals surface area (Å²) in [6.07, 6.45) is 1.08. The highest BCUT2D eigenvalue weighted by Gasteiger charge is 2.03. The van der Waals surface area contributed by atoms with Gasteiger partial charge in [-0.25, -0.2) is 13.8 Å². The fourth-order valence-electron chi connectivity index (χ4n) is 1.09. The summed E-state index contributed by atoms with van der Waals surface area (Å²) in [5.41, 5.74) is 0.933. The third-order valence-corrected chi connectivity index (χ3v) is 1.74. The molecule has 5 heteroatoms. The van der Waals surface area contributed by atoms with Crippen molar-refractivity contribution < 1.29 is 8.78 Å². The van der Waals surface area contributed by atoms with Gasteiger partial charge in [0.2, 0.25) is 0 Å². The van der Waals surface area contributed by atoms with Gasteiger partial charge in [-0.15, -0.1) is 0 Å². The lowest BCUT2D eigenvalue weighted by Gasteiger charge is -2.05. The van der Waals surface area contributed by atoms with Gasteiger partial charge in [-0.1, -0.05) is 0 Å². The van der Waals surface area contributed by atoms with Crippen molar-refractivity contribution >= 4 is 0 Å². The van der Waals surface area contributed by atoms with Crippen LogP contribution in [0.15, 0.2) is 12.5 Å². The van der Waals surface area contributed by atoms with Crippen molar-refractivity contribution in [3.8, 4) is 0 Å². The molecule has 3 nitrogen and oxygen atoms in total. The third-order valence-electron chi connectivity index (χ3n) is 1.74. The molecule has 1 aromatic rings. The van der Waals surface area contributed by atoms with Gasteiger partial charge < -0.3 is 9.88 Å². The van der Waals surface area contributed by atoms with E-state index in [1.165, 1.54) is 0 Å². The highest BCUT2D eigenvalue weighted by Crippen LogP contribution is 1.98. The number of rotatable bonds is 5. The molecule has 0 unspecified atom stereocenters. The molecule has 1 rings (SSSR count). The van der Waals surface area contributed by atoms with Crippen LogP contribution in [0.5, 0.6) is 0 Å². The van der Waals surface area contributed by atoms with Crippen molar-refractivity contribution in [1.29, 1.82) is 0 Å². The quantitative estimate of drug-likeness (QED) is 0.755. The maximum Gasteiger partial charge on any atom is 0.250 e. The number of aryl methyl sites for hydroxylation is 1. The summed E-state index contributed by atoms with van der Waals surface area (Å²) in [4.78, 5) is 3.93. The molecule has 13 heavy (non-hydrogen) atoms. The number of hydrogen-bond acceptors (Lipinski definition) is 2. The predicted octanol–water partition coefficient (Wildman–Crippen LogP) is 1.26. The number of nitrogens with zero attached hydrogens (tertiary/aromatic N) is 2. The average molecular weight is 189 g/mol. The fourth-order valence-corrected chi connectivity index (χ4v) is 1.09.